The van der Waals surface area contributed by atoms with Crippen LogP contribution in [0.4, 0.5) is 5.82 Å². The van der Waals surface area contributed by atoms with Gasteiger partial charge in [-0.3, -0.25) is 4.79 Å². The Balaban J connectivity index is 1.62. The molecule has 6 nitrogen and oxygen atoms in total. The number of aromatic nitrogens is 1. The summed E-state index contributed by atoms with van der Waals surface area (Å²) in [6, 6.07) is 7.19. The highest BCUT2D eigenvalue weighted by molar-refractivity contribution is 6.04. The van der Waals surface area contributed by atoms with E-state index in [1.54, 1.807) is 6.07 Å². The summed E-state index contributed by atoms with van der Waals surface area (Å²) in [6.07, 6.45) is 6.85. The highest BCUT2D eigenvalue weighted by atomic mass is 16.5. The molecule has 29 heavy (non-hydrogen) atoms. The second-order valence-electron chi connectivity index (χ2n) is 8.14. The van der Waals surface area contributed by atoms with Crippen LogP contribution in [0.25, 0.3) is 0 Å². The summed E-state index contributed by atoms with van der Waals surface area (Å²) >= 11 is 0. The number of benzene rings is 1. The number of anilines is 1. The zero-order chi connectivity index (χ0) is 20.6. The molecular weight excluding hydrogens is 368 g/mol. The highest BCUT2D eigenvalue weighted by Gasteiger charge is 2.36. The molecule has 1 heterocycles. The van der Waals surface area contributed by atoms with Crippen LogP contribution in [0.3, 0.4) is 0 Å². The summed E-state index contributed by atoms with van der Waals surface area (Å²) in [6.45, 7) is 2.37. The third-order valence-corrected chi connectivity index (χ3v) is 6.22. The molecule has 0 saturated heterocycles. The SMILES string of the molecule is COC(=O)c1ccc(NC(=O)c2cc3c4c(c2)CCCC4(C)CCC3)nc1OC. The molecule has 0 aliphatic heterocycles. The molecule has 2 aliphatic carbocycles. The third kappa shape index (κ3) is 3.48. The van der Waals surface area contributed by atoms with Crippen LogP contribution in [0.2, 0.25) is 0 Å². The van der Waals surface area contributed by atoms with Gasteiger partial charge in [-0.05, 0) is 84.9 Å². The van der Waals surface area contributed by atoms with E-state index in [2.05, 4.69) is 17.2 Å². The number of esters is 1. The molecule has 1 amide bonds. The number of rotatable bonds is 4. The zero-order valence-corrected chi connectivity index (χ0v) is 17.1. The molecule has 152 valence electrons. The molecule has 1 aromatic heterocycles. The summed E-state index contributed by atoms with van der Waals surface area (Å²) < 4.78 is 9.90. The third-order valence-electron chi connectivity index (χ3n) is 6.22. The summed E-state index contributed by atoms with van der Waals surface area (Å²) in [7, 11) is 2.72. The minimum Gasteiger partial charge on any atom is -0.480 e. The Labute approximate surface area is 170 Å². The van der Waals surface area contributed by atoms with Crippen LogP contribution in [-0.4, -0.2) is 31.1 Å². The Bertz CT molecular complexity index is 952. The molecule has 0 spiro atoms. The van der Waals surface area contributed by atoms with Gasteiger partial charge in [0.2, 0.25) is 5.88 Å². The number of aryl methyl sites for hydroxylation is 2. The minimum absolute atomic E-state index is 0.117. The van der Waals surface area contributed by atoms with Crippen molar-refractivity contribution in [1.82, 2.24) is 4.98 Å². The number of hydrogen-bond donors (Lipinski definition) is 1. The Morgan fingerprint density at radius 3 is 2.31 bits per heavy atom. The number of carbonyl (C=O) groups excluding carboxylic acids is 2. The van der Waals surface area contributed by atoms with Crippen LogP contribution in [0.5, 0.6) is 5.88 Å². The van der Waals surface area contributed by atoms with Crippen molar-refractivity contribution >= 4 is 17.7 Å². The van der Waals surface area contributed by atoms with Gasteiger partial charge in [-0.15, -0.1) is 0 Å². The number of nitrogens with zero attached hydrogens (tertiary/aromatic N) is 1. The molecule has 0 unspecified atom stereocenters. The van der Waals surface area contributed by atoms with Crippen molar-refractivity contribution in [3.05, 3.63) is 52.1 Å². The molecule has 2 aliphatic rings. The van der Waals surface area contributed by atoms with Gasteiger partial charge >= 0.3 is 5.97 Å². The van der Waals surface area contributed by atoms with E-state index in [-0.39, 0.29) is 22.8 Å². The lowest BCUT2D eigenvalue weighted by Crippen LogP contribution is -2.33. The van der Waals surface area contributed by atoms with Crippen LogP contribution in [0.15, 0.2) is 24.3 Å². The van der Waals surface area contributed by atoms with Crippen LogP contribution in [-0.2, 0) is 23.0 Å². The second kappa shape index (κ2) is 7.50. The maximum absolute atomic E-state index is 12.9. The first-order valence-corrected chi connectivity index (χ1v) is 10.1. The number of ether oxygens (including phenoxy) is 2. The molecular formula is C23H26N2O4. The van der Waals surface area contributed by atoms with Gasteiger partial charge in [0.15, 0.2) is 0 Å². The second-order valence-corrected chi connectivity index (χ2v) is 8.14. The standard InChI is InChI=1S/C23H26N2O4/c1-23-10-4-6-14-12-16(13-15(19(14)23)7-5-11-23)20(26)24-18-9-8-17(22(27)29-3)21(25-18)28-2/h8-9,12-13H,4-7,10-11H2,1-3H3,(H,24,25,26). The van der Waals surface area contributed by atoms with Gasteiger partial charge in [0.25, 0.3) is 5.91 Å². The van der Waals surface area contributed by atoms with Gasteiger partial charge in [0.1, 0.15) is 11.4 Å². The zero-order valence-electron chi connectivity index (χ0n) is 17.1. The number of pyridine rings is 1. The molecule has 2 aromatic rings. The van der Waals surface area contributed by atoms with E-state index in [1.807, 2.05) is 12.1 Å². The fourth-order valence-electron chi connectivity index (χ4n) is 4.90. The van der Waals surface area contributed by atoms with Gasteiger partial charge in [0.05, 0.1) is 14.2 Å². The number of hydrogen-bond acceptors (Lipinski definition) is 5. The molecule has 0 radical (unpaired) electrons. The smallest absolute Gasteiger partial charge is 0.343 e. The molecule has 0 saturated carbocycles. The summed E-state index contributed by atoms with van der Waals surface area (Å²) in [4.78, 5) is 29.0. The van der Waals surface area contributed by atoms with E-state index in [4.69, 9.17) is 9.47 Å². The number of nitrogens with one attached hydrogen (secondary N) is 1. The first kappa shape index (κ1) is 19.4. The van der Waals surface area contributed by atoms with Gasteiger partial charge in [-0.1, -0.05) is 6.92 Å². The van der Waals surface area contributed by atoms with Crippen molar-refractivity contribution in [1.29, 1.82) is 0 Å². The lowest BCUT2D eigenvalue weighted by atomic mass is 9.63. The summed E-state index contributed by atoms with van der Waals surface area (Å²) in [5, 5.41) is 2.83. The lowest BCUT2D eigenvalue weighted by Gasteiger charge is -2.41. The van der Waals surface area contributed by atoms with Crippen molar-refractivity contribution < 1.29 is 19.1 Å². The van der Waals surface area contributed by atoms with E-state index in [1.165, 1.54) is 62.7 Å². The van der Waals surface area contributed by atoms with Crippen LogP contribution >= 0.6 is 0 Å². The van der Waals surface area contributed by atoms with E-state index < -0.39 is 5.97 Å². The summed E-state index contributed by atoms with van der Waals surface area (Å²) in [5.41, 5.74) is 5.23. The molecule has 0 bridgehead atoms. The fourth-order valence-corrected chi connectivity index (χ4v) is 4.90. The predicted octanol–water partition coefficient (Wildman–Crippen LogP) is 4.06. The van der Waals surface area contributed by atoms with Crippen molar-refractivity contribution in [3.63, 3.8) is 0 Å². The van der Waals surface area contributed by atoms with Crippen LogP contribution < -0.4 is 10.1 Å². The maximum Gasteiger partial charge on any atom is 0.343 e. The quantitative estimate of drug-likeness (QED) is 0.792. The van der Waals surface area contributed by atoms with Gasteiger partial charge in [-0.25, -0.2) is 4.79 Å². The van der Waals surface area contributed by atoms with E-state index in [0.29, 0.717) is 11.4 Å². The molecule has 6 heteroatoms. The molecule has 1 aromatic carbocycles. The van der Waals surface area contributed by atoms with E-state index in [0.717, 1.165) is 12.8 Å². The van der Waals surface area contributed by atoms with Gasteiger partial charge in [-0.2, -0.15) is 4.98 Å². The Hall–Kier alpha value is -2.89. The maximum atomic E-state index is 12.9. The fraction of sp³-hybridized carbons (Fsp3) is 0.435. The lowest BCUT2D eigenvalue weighted by molar-refractivity contribution is 0.0596. The Morgan fingerprint density at radius 2 is 1.72 bits per heavy atom. The average Bonchev–Trinajstić information content (AvgIpc) is 2.72. The van der Waals surface area contributed by atoms with E-state index >= 15 is 0 Å². The monoisotopic (exact) mass is 394 g/mol. The summed E-state index contributed by atoms with van der Waals surface area (Å²) in [5.74, 6) is -0.298. The normalized spacial score (nSPS) is 16.5. The molecule has 0 fully saturated rings. The Kier molecular flexibility index (Phi) is 5.03. The van der Waals surface area contributed by atoms with Crippen molar-refractivity contribution in [2.45, 2.75) is 50.9 Å². The van der Waals surface area contributed by atoms with Crippen LogP contribution in [0, 0.1) is 0 Å². The molecule has 4 rings (SSSR count). The number of carbonyl (C=O) groups is 2. The highest BCUT2D eigenvalue weighted by Crippen LogP contribution is 2.46. The number of methoxy groups -OCH3 is 2. The van der Waals surface area contributed by atoms with Gasteiger partial charge in [0, 0.05) is 5.56 Å². The first-order valence-electron chi connectivity index (χ1n) is 10.1. The van der Waals surface area contributed by atoms with Gasteiger partial charge < -0.3 is 14.8 Å². The van der Waals surface area contributed by atoms with Crippen molar-refractivity contribution in [3.8, 4) is 5.88 Å². The molecule has 0 atom stereocenters. The predicted molar refractivity (Wildman–Crippen MR) is 110 cm³/mol. The first-order chi connectivity index (χ1) is 13.9. The molecule has 1 N–H and O–H groups in total. The number of amides is 1. The topological polar surface area (TPSA) is 77.5 Å². The Morgan fingerprint density at radius 1 is 1.07 bits per heavy atom. The van der Waals surface area contributed by atoms with E-state index in [9.17, 15) is 9.59 Å². The van der Waals surface area contributed by atoms with Crippen LogP contribution in [0.1, 0.15) is 70.0 Å². The average molecular weight is 394 g/mol. The van der Waals surface area contributed by atoms with Crippen molar-refractivity contribution in [2.24, 2.45) is 0 Å². The minimum atomic E-state index is -0.538. The largest absolute Gasteiger partial charge is 0.480 e. The van der Waals surface area contributed by atoms with Crippen molar-refractivity contribution in [2.75, 3.05) is 19.5 Å².